The fourth-order valence-electron chi connectivity index (χ4n) is 4.55. The van der Waals surface area contributed by atoms with Crippen LogP contribution in [0.5, 0.6) is 5.75 Å². The molecule has 6 heteroatoms. The number of likely N-dealkylation sites (tertiary alicyclic amines) is 1. The molecule has 2 aliphatic heterocycles. The molecule has 29 heavy (non-hydrogen) atoms. The van der Waals surface area contributed by atoms with Gasteiger partial charge >= 0.3 is 0 Å². The lowest BCUT2D eigenvalue weighted by Gasteiger charge is -2.33. The Morgan fingerprint density at radius 2 is 2.03 bits per heavy atom. The number of aliphatic imine (C=N–C) groups is 1. The van der Waals surface area contributed by atoms with Gasteiger partial charge in [-0.1, -0.05) is 18.6 Å². The summed E-state index contributed by atoms with van der Waals surface area (Å²) in [6.45, 7) is 8.86. The molecule has 0 spiro atoms. The predicted molar refractivity (Wildman–Crippen MR) is 122 cm³/mol. The smallest absolute Gasteiger partial charge is 0.190 e. The first-order valence-corrected chi connectivity index (χ1v) is 11.3. The van der Waals surface area contributed by atoms with E-state index in [1.165, 1.54) is 44.5 Å². The highest BCUT2D eigenvalue weighted by Crippen LogP contribution is 2.31. The number of hydrogen-bond donors (Lipinski definition) is 2. The number of benzene rings is 1. The van der Waals surface area contributed by atoms with Gasteiger partial charge in [-0.25, -0.2) is 0 Å². The van der Waals surface area contributed by atoms with Gasteiger partial charge in [-0.3, -0.25) is 4.99 Å². The maximum Gasteiger partial charge on any atom is 0.190 e. The number of nitrogens with one attached hydrogen (secondary N) is 2. The van der Waals surface area contributed by atoms with Gasteiger partial charge in [-0.15, -0.1) is 0 Å². The topological polar surface area (TPSA) is 52.1 Å². The molecule has 6 nitrogen and oxygen atoms in total. The first kappa shape index (κ1) is 21.8. The van der Waals surface area contributed by atoms with E-state index >= 15 is 0 Å². The molecule has 1 aromatic rings. The molecule has 0 saturated carbocycles. The van der Waals surface area contributed by atoms with Crippen molar-refractivity contribution in [2.24, 2.45) is 10.9 Å². The van der Waals surface area contributed by atoms with Crippen molar-refractivity contribution in [3.05, 3.63) is 24.3 Å². The number of rotatable bonds is 8. The highest BCUT2D eigenvalue weighted by atomic mass is 16.5. The third-order valence-electron chi connectivity index (χ3n) is 6.35. The SMILES string of the molecule is CN=C(NCCCN1CCCCC1C)NCC1CCN(c2ccccc2OC)C1. The number of para-hydroxylation sites is 2. The highest BCUT2D eigenvalue weighted by molar-refractivity contribution is 5.79. The van der Waals surface area contributed by atoms with Crippen molar-refractivity contribution in [2.45, 2.75) is 45.1 Å². The molecule has 0 radical (unpaired) electrons. The highest BCUT2D eigenvalue weighted by Gasteiger charge is 2.24. The number of guanidine groups is 1. The van der Waals surface area contributed by atoms with Crippen LogP contribution in [0.2, 0.25) is 0 Å². The largest absolute Gasteiger partial charge is 0.495 e. The number of anilines is 1. The van der Waals surface area contributed by atoms with Gasteiger partial charge in [0.1, 0.15) is 5.75 Å². The van der Waals surface area contributed by atoms with Crippen molar-refractivity contribution in [1.29, 1.82) is 0 Å². The third kappa shape index (κ3) is 6.26. The van der Waals surface area contributed by atoms with Gasteiger partial charge in [0.05, 0.1) is 12.8 Å². The number of hydrogen-bond acceptors (Lipinski definition) is 4. The minimum Gasteiger partial charge on any atom is -0.495 e. The van der Waals surface area contributed by atoms with Gasteiger partial charge in [-0.05, 0) is 57.2 Å². The molecule has 162 valence electrons. The van der Waals surface area contributed by atoms with Gasteiger partial charge in [0, 0.05) is 45.8 Å². The molecule has 2 aliphatic rings. The maximum absolute atomic E-state index is 5.52. The molecular weight excluding hydrogens is 362 g/mol. The Bertz CT molecular complexity index is 650. The van der Waals surface area contributed by atoms with Crippen molar-refractivity contribution in [3.63, 3.8) is 0 Å². The summed E-state index contributed by atoms with van der Waals surface area (Å²) >= 11 is 0. The van der Waals surface area contributed by atoms with Crippen LogP contribution in [0.25, 0.3) is 0 Å². The van der Waals surface area contributed by atoms with E-state index in [1.54, 1.807) is 7.11 Å². The molecule has 2 saturated heterocycles. The second-order valence-electron chi connectivity index (χ2n) is 8.39. The number of nitrogens with zero attached hydrogens (tertiary/aromatic N) is 3. The third-order valence-corrected chi connectivity index (χ3v) is 6.35. The molecule has 0 bridgehead atoms. The second kappa shape index (κ2) is 11.3. The molecule has 0 aromatic heterocycles. The van der Waals surface area contributed by atoms with Gasteiger partial charge in [0.15, 0.2) is 5.96 Å². The molecule has 2 unspecified atom stereocenters. The van der Waals surface area contributed by atoms with Crippen LogP contribution < -0.4 is 20.3 Å². The van der Waals surface area contributed by atoms with E-state index in [0.29, 0.717) is 5.92 Å². The van der Waals surface area contributed by atoms with Gasteiger partial charge < -0.3 is 25.2 Å². The average Bonchev–Trinajstić information content (AvgIpc) is 3.23. The average molecular weight is 402 g/mol. The van der Waals surface area contributed by atoms with Crippen LogP contribution in [0.4, 0.5) is 5.69 Å². The van der Waals surface area contributed by atoms with Crippen LogP contribution >= 0.6 is 0 Å². The summed E-state index contributed by atoms with van der Waals surface area (Å²) in [5.41, 5.74) is 1.20. The maximum atomic E-state index is 5.52. The summed E-state index contributed by atoms with van der Waals surface area (Å²) in [6, 6.07) is 9.05. The Morgan fingerprint density at radius 3 is 2.83 bits per heavy atom. The molecule has 0 amide bonds. The van der Waals surface area contributed by atoms with Crippen LogP contribution in [0.15, 0.2) is 29.3 Å². The van der Waals surface area contributed by atoms with Crippen LogP contribution in [0.3, 0.4) is 0 Å². The van der Waals surface area contributed by atoms with E-state index in [2.05, 4.69) is 44.5 Å². The number of piperidine rings is 1. The first-order valence-electron chi connectivity index (χ1n) is 11.3. The fourth-order valence-corrected chi connectivity index (χ4v) is 4.55. The Kier molecular flexibility index (Phi) is 8.47. The van der Waals surface area contributed by atoms with Crippen molar-refractivity contribution < 1.29 is 4.74 Å². The Balaban J connectivity index is 1.35. The summed E-state index contributed by atoms with van der Waals surface area (Å²) in [7, 11) is 3.60. The molecule has 3 rings (SSSR count). The quantitative estimate of drug-likeness (QED) is 0.398. The summed E-state index contributed by atoms with van der Waals surface area (Å²) < 4.78 is 5.52. The Hall–Kier alpha value is -1.95. The minimum atomic E-state index is 0.618. The monoisotopic (exact) mass is 401 g/mol. The van der Waals surface area contributed by atoms with Crippen LogP contribution in [-0.2, 0) is 0 Å². The van der Waals surface area contributed by atoms with E-state index in [-0.39, 0.29) is 0 Å². The molecular formula is C23H39N5O. The normalized spacial score (nSPS) is 23.3. The summed E-state index contributed by atoms with van der Waals surface area (Å²) in [4.78, 5) is 9.46. The van der Waals surface area contributed by atoms with Crippen molar-refractivity contribution in [1.82, 2.24) is 15.5 Å². The molecule has 2 heterocycles. The zero-order valence-electron chi connectivity index (χ0n) is 18.5. The zero-order chi connectivity index (χ0) is 20.5. The summed E-state index contributed by atoms with van der Waals surface area (Å²) in [5, 5.41) is 7.01. The van der Waals surface area contributed by atoms with E-state index in [0.717, 1.165) is 50.4 Å². The number of ether oxygens (including phenoxy) is 1. The molecule has 0 aliphatic carbocycles. The lowest BCUT2D eigenvalue weighted by atomic mass is 10.0. The lowest BCUT2D eigenvalue weighted by molar-refractivity contribution is 0.159. The Morgan fingerprint density at radius 1 is 1.17 bits per heavy atom. The number of methoxy groups -OCH3 is 1. The van der Waals surface area contributed by atoms with Crippen molar-refractivity contribution >= 4 is 11.6 Å². The lowest BCUT2D eigenvalue weighted by Crippen LogP contribution is -2.42. The fraction of sp³-hybridized carbons (Fsp3) is 0.696. The minimum absolute atomic E-state index is 0.618. The van der Waals surface area contributed by atoms with E-state index in [9.17, 15) is 0 Å². The van der Waals surface area contributed by atoms with Crippen molar-refractivity contribution in [2.75, 3.05) is 58.3 Å². The van der Waals surface area contributed by atoms with E-state index < -0.39 is 0 Å². The summed E-state index contributed by atoms with van der Waals surface area (Å²) in [5.74, 6) is 2.50. The van der Waals surface area contributed by atoms with Crippen LogP contribution in [0, 0.1) is 5.92 Å². The predicted octanol–water partition coefficient (Wildman–Crippen LogP) is 2.95. The van der Waals surface area contributed by atoms with Crippen molar-refractivity contribution in [3.8, 4) is 5.75 Å². The molecule has 2 fully saturated rings. The molecule has 2 atom stereocenters. The van der Waals surface area contributed by atoms with Gasteiger partial charge in [0.25, 0.3) is 0 Å². The summed E-state index contributed by atoms with van der Waals surface area (Å²) in [6.07, 6.45) is 6.45. The van der Waals surface area contributed by atoms with E-state index in [4.69, 9.17) is 4.74 Å². The van der Waals surface area contributed by atoms with Crippen LogP contribution in [0.1, 0.15) is 39.0 Å². The standard InChI is InChI=1S/C23H39N5O/c1-19-9-6-7-14-27(19)15-8-13-25-23(24-2)26-17-20-12-16-28(18-20)21-10-4-5-11-22(21)29-3/h4-5,10-11,19-20H,6-9,12-18H2,1-3H3,(H2,24,25,26). The van der Waals surface area contributed by atoms with Gasteiger partial charge in [0.2, 0.25) is 0 Å². The van der Waals surface area contributed by atoms with Crippen LogP contribution in [-0.4, -0.2) is 70.3 Å². The molecule has 2 N–H and O–H groups in total. The second-order valence-corrected chi connectivity index (χ2v) is 8.39. The Labute approximate surface area is 176 Å². The van der Waals surface area contributed by atoms with Gasteiger partial charge in [-0.2, -0.15) is 0 Å². The first-order chi connectivity index (χ1) is 14.2. The zero-order valence-corrected chi connectivity index (χ0v) is 18.5. The molecule has 1 aromatic carbocycles. The van der Waals surface area contributed by atoms with E-state index in [1.807, 2.05) is 19.2 Å².